The van der Waals surface area contributed by atoms with Crippen LogP contribution in [0.15, 0.2) is 0 Å². The van der Waals surface area contributed by atoms with E-state index in [0.29, 0.717) is 6.42 Å². The molecule has 0 amide bonds. The zero-order valence-electron chi connectivity index (χ0n) is 12.3. The highest BCUT2D eigenvalue weighted by molar-refractivity contribution is 5.66. The van der Waals surface area contributed by atoms with E-state index in [1.165, 1.54) is 43.4 Å². The molecule has 0 bridgehead atoms. The third-order valence-corrected chi connectivity index (χ3v) is 3.37. The van der Waals surface area contributed by atoms with Gasteiger partial charge in [-0.25, -0.2) is 0 Å². The smallest absolute Gasteiger partial charge is 0.303 e. The third-order valence-electron chi connectivity index (χ3n) is 3.37. The second-order valence-electron chi connectivity index (χ2n) is 5.09. The first-order valence-corrected chi connectivity index (χ1v) is 7.17. The SMILES string of the molecule is CCC[N+](CCC)(CCC)CCCCC(=O)O.[Cl-]. The summed E-state index contributed by atoms with van der Waals surface area (Å²) in [5.41, 5.74) is 0. The van der Waals surface area contributed by atoms with Crippen molar-refractivity contribution in [1.82, 2.24) is 0 Å². The normalized spacial score (nSPS) is 11.1. The van der Waals surface area contributed by atoms with Gasteiger partial charge in [0.25, 0.3) is 0 Å². The quantitative estimate of drug-likeness (QED) is 0.436. The lowest BCUT2D eigenvalue weighted by molar-refractivity contribution is -0.928. The molecule has 0 atom stereocenters. The van der Waals surface area contributed by atoms with Gasteiger partial charge in [0.1, 0.15) is 0 Å². The number of hydrogen-bond donors (Lipinski definition) is 1. The molecule has 0 radical (unpaired) electrons. The van der Waals surface area contributed by atoms with Crippen LogP contribution in [-0.2, 0) is 4.79 Å². The Morgan fingerprint density at radius 1 is 0.889 bits per heavy atom. The number of carboxylic acid groups (broad SMARTS) is 1. The molecule has 0 saturated carbocycles. The molecule has 4 heteroatoms. The van der Waals surface area contributed by atoms with Gasteiger partial charge in [0.15, 0.2) is 0 Å². The molecule has 18 heavy (non-hydrogen) atoms. The summed E-state index contributed by atoms with van der Waals surface area (Å²) < 4.78 is 1.20. The molecule has 0 aliphatic heterocycles. The number of hydrogen-bond acceptors (Lipinski definition) is 1. The van der Waals surface area contributed by atoms with Crippen LogP contribution in [0.4, 0.5) is 0 Å². The molecule has 0 aromatic rings. The predicted octanol–water partition coefficient (Wildman–Crippen LogP) is 0.292. The fourth-order valence-corrected chi connectivity index (χ4v) is 2.82. The van der Waals surface area contributed by atoms with Crippen molar-refractivity contribution in [3.8, 4) is 0 Å². The Labute approximate surface area is 119 Å². The summed E-state index contributed by atoms with van der Waals surface area (Å²) in [7, 11) is 0. The van der Waals surface area contributed by atoms with Crippen molar-refractivity contribution >= 4 is 5.97 Å². The summed E-state index contributed by atoms with van der Waals surface area (Å²) >= 11 is 0. The summed E-state index contributed by atoms with van der Waals surface area (Å²) in [5, 5.41) is 8.65. The maximum Gasteiger partial charge on any atom is 0.303 e. The second-order valence-corrected chi connectivity index (χ2v) is 5.09. The molecular formula is C14H30ClNO2. The molecule has 110 valence electrons. The van der Waals surface area contributed by atoms with Gasteiger partial charge in [-0.15, -0.1) is 0 Å². The summed E-state index contributed by atoms with van der Waals surface area (Å²) in [6.45, 7) is 11.6. The Bertz CT molecular complexity index is 193. The van der Waals surface area contributed by atoms with Crippen LogP contribution < -0.4 is 12.4 Å². The number of halogens is 1. The molecule has 3 nitrogen and oxygen atoms in total. The van der Waals surface area contributed by atoms with E-state index < -0.39 is 5.97 Å². The number of rotatable bonds is 11. The van der Waals surface area contributed by atoms with Crippen molar-refractivity contribution < 1.29 is 26.8 Å². The molecule has 0 aliphatic carbocycles. The van der Waals surface area contributed by atoms with Crippen LogP contribution in [0.3, 0.4) is 0 Å². The van der Waals surface area contributed by atoms with E-state index in [-0.39, 0.29) is 12.4 Å². The molecule has 0 unspecified atom stereocenters. The minimum Gasteiger partial charge on any atom is -1.00 e. The van der Waals surface area contributed by atoms with E-state index in [9.17, 15) is 4.79 Å². The van der Waals surface area contributed by atoms with Crippen molar-refractivity contribution in [2.75, 3.05) is 26.2 Å². The Hall–Kier alpha value is -0.280. The number of carboxylic acids is 1. The van der Waals surface area contributed by atoms with Gasteiger partial charge in [0, 0.05) is 6.42 Å². The highest BCUT2D eigenvalue weighted by Crippen LogP contribution is 2.14. The van der Waals surface area contributed by atoms with Crippen molar-refractivity contribution in [3.63, 3.8) is 0 Å². The fourth-order valence-electron chi connectivity index (χ4n) is 2.82. The first kappa shape index (κ1) is 20.0. The van der Waals surface area contributed by atoms with Crippen molar-refractivity contribution in [2.45, 2.75) is 59.3 Å². The van der Waals surface area contributed by atoms with Gasteiger partial charge in [-0.3, -0.25) is 4.79 Å². The molecule has 0 saturated heterocycles. The number of nitrogens with zero attached hydrogens (tertiary/aromatic N) is 1. The van der Waals surface area contributed by atoms with Crippen molar-refractivity contribution in [1.29, 1.82) is 0 Å². The van der Waals surface area contributed by atoms with E-state index >= 15 is 0 Å². The lowest BCUT2D eigenvalue weighted by Crippen LogP contribution is -3.00. The van der Waals surface area contributed by atoms with Gasteiger partial charge in [-0.05, 0) is 32.1 Å². The van der Waals surface area contributed by atoms with E-state index in [1.54, 1.807) is 0 Å². The molecule has 0 heterocycles. The monoisotopic (exact) mass is 279 g/mol. The van der Waals surface area contributed by atoms with Gasteiger partial charge in [0.05, 0.1) is 26.2 Å². The highest BCUT2D eigenvalue weighted by atomic mass is 35.5. The van der Waals surface area contributed by atoms with E-state index in [1.807, 2.05) is 0 Å². The van der Waals surface area contributed by atoms with Gasteiger partial charge in [-0.2, -0.15) is 0 Å². The first-order chi connectivity index (χ1) is 8.10. The Kier molecular flexibility index (Phi) is 13.1. The number of aliphatic carboxylic acids is 1. The first-order valence-electron chi connectivity index (χ1n) is 7.17. The molecule has 0 aliphatic rings. The van der Waals surface area contributed by atoms with Gasteiger partial charge >= 0.3 is 5.97 Å². The maximum absolute atomic E-state index is 10.5. The molecule has 0 rings (SSSR count). The fraction of sp³-hybridized carbons (Fsp3) is 0.929. The lowest BCUT2D eigenvalue weighted by atomic mass is 10.1. The zero-order valence-corrected chi connectivity index (χ0v) is 13.0. The Morgan fingerprint density at radius 2 is 1.33 bits per heavy atom. The van der Waals surface area contributed by atoms with Crippen LogP contribution >= 0.6 is 0 Å². The van der Waals surface area contributed by atoms with Crippen LogP contribution in [0, 0.1) is 0 Å². The topological polar surface area (TPSA) is 37.3 Å². The van der Waals surface area contributed by atoms with Crippen LogP contribution in [-0.4, -0.2) is 41.7 Å². The largest absolute Gasteiger partial charge is 1.00 e. The third kappa shape index (κ3) is 8.76. The second kappa shape index (κ2) is 11.8. The average molecular weight is 280 g/mol. The molecular weight excluding hydrogens is 250 g/mol. The summed E-state index contributed by atoms with van der Waals surface area (Å²) in [6, 6.07) is 0. The summed E-state index contributed by atoms with van der Waals surface area (Å²) in [6.07, 6.45) is 5.86. The standard InChI is InChI=1S/C14H29NO2.ClH/c1-4-10-15(11-5-2,12-6-3)13-8-7-9-14(16)17;/h4-13H2,1-3H3;1H. The zero-order chi connectivity index (χ0) is 13.1. The van der Waals surface area contributed by atoms with Crippen LogP contribution in [0.5, 0.6) is 0 Å². The average Bonchev–Trinajstić information content (AvgIpc) is 2.25. The summed E-state index contributed by atoms with van der Waals surface area (Å²) in [4.78, 5) is 10.5. The Morgan fingerprint density at radius 3 is 1.67 bits per heavy atom. The molecule has 0 aromatic heterocycles. The van der Waals surface area contributed by atoms with E-state index in [2.05, 4.69) is 20.8 Å². The molecule has 1 N–H and O–H groups in total. The van der Waals surface area contributed by atoms with E-state index in [0.717, 1.165) is 19.4 Å². The van der Waals surface area contributed by atoms with Crippen LogP contribution in [0.2, 0.25) is 0 Å². The Balaban J connectivity index is 0. The minimum atomic E-state index is -0.662. The summed E-state index contributed by atoms with van der Waals surface area (Å²) in [5.74, 6) is -0.662. The number of quaternary nitrogens is 1. The predicted molar refractivity (Wildman–Crippen MR) is 72.1 cm³/mol. The number of unbranched alkanes of at least 4 members (excludes halogenated alkanes) is 1. The lowest BCUT2D eigenvalue weighted by Gasteiger charge is -2.38. The van der Waals surface area contributed by atoms with E-state index in [4.69, 9.17) is 5.11 Å². The van der Waals surface area contributed by atoms with Gasteiger partial charge in [-0.1, -0.05) is 20.8 Å². The van der Waals surface area contributed by atoms with Crippen molar-refractivity contribution in [3.05, 3.63) is 0 Å². The maximum atomic E-state index is 10.5. The highest BCUT2D eigenvalue weighted by Gasteiger charge is 2.23. The van der Waals surface area contributed by atoms with Gasteiger partial charge in [0.2, 0.25) is 0 Å². The molecule has 0 fully saturated rings. The minimum absolute atomic E-state index is 0. The van der Waals surface area contributed by atoms with Gasteiger partial charge < -0.3 is 22.0 Å². The molecule has 0 aromatic carbocycles. The van der Waals surface area contributed by atoms with Crippen LogP contribution in [0.1, 0.15) is 59.3 Å². The van der Waals surface area contributed by atoms with Crippen molar-refractivity contribution in [2.24, 2.45) is 0 Å². The number of carbonyl (C=O) groups is 1. The molecule has 0 spiro atoms. The van der Waals surface area contributed by atoms with Crippen LogP contribution in [0.25, 0.3) is 0 Å².